The highest BCUT2D eigenvalue weighted by molar-refractivity contribution is 6.35. The molecule has 5 nitrogen and oxygen atoms in total. The standard InChI is InChI=1S/C27H21Cl2NO4/c28-19-10-12-24(23(29)15-19)34-27(33)18-7-4-8-20(13-18)30-25(31)21-11-9-17(14-22(21)26(30)32)16-5-2-1-3-6-16/h1-8,10,12-13,15,17,21-22H,9,11,14H2/t17-,21-,22+/m1/s1. The van der Waals surface area contributed by atoms with Crippen LogP contribution >= 0.6 is 23.2 Å². The molecule has 7 heteroatoms. The van der Waals surface area contributed by atoms with Gasteiger partial charge in [0, 0.05) is 5.02 Å². The lowest BCUT2D eigenvalue weighted by molar-refractivity contribution is -0.122. The highest BCUT2D eigenvalue weighted by Gasteiger charge is 2.50. The van der Waals surface area contributed by atoms with Crippen molar-refractivity contribution in [2.75, 3.05) is 4.90 Å². The van der Waals surface area contributed by atoms with Gasteiger partial charge in [-0.15, -0.1) is 0 Å². The van der Waals surface area contributed by atoms with Crippen molar-refractivity contribution in [1.29, 1.82) is 0 Å². The van der Waals surface area contributed by atoms with E-state index in [0.717, 1.165) is 6.42 Å². The van der Waals surface area contributed by atoms with Gasteiger partial charge < -0.3 is 4.74 Å². The van der Waals surface area contributed by atoms with E-state index >= 15 is 0 Å². The zero-order valence-electron chi connectivity index (χ0n) is 18.1. The number of hydrogen-bond acceptors (Lipinski definition) is 4. The largest absolute Gasteiger partial charge is 0.421 e. The summed E-state index contributed by atoms with van der Waals surface area (Å²) in [5.74, 6) is -1.30. The first-order valence-corrected chi connectivity index (χ1v) is 11.9. The summed E-state index contributed by atoms with van der Waals surface area (Å²) in [6.07, 6.45) is 2.18. The van der Waals surface area contributed by atoms with Gasteiger partial charge in [0.05, 0.1) is 28.1 Å². The van der Waals surface area contributed by atoms with Crippen LogP contribution in [0.15, 0.2) is 72.8 Å². The highest BCUT2D eigenvalue weighted by atomic mass is 35.5. The molecule has 2 amide bonds. The van der Waals surface area contributed by atoms with Crippen LogP contribution in [0.25, 0.3) is 0 Å². The number of hydrogen-bond donors (Lipinski definition) is 0. The maximum atomic E-state index is 13.3. The molecule has 0 aromatic heterocycles. The number of halogens is 2. The minimum Gasteiger partial charge on any atom is -0.421 e. The Balaban J connectivity index is 1.36. The van der Waals surface area contributed by atoms with Crippen molar-refractivity contribution in [2.45, 2.75) is 25.2 Å². The quantitative estimate of drug-likeness (QED) is 0.243. The van der Waals surface area contributed by atoms with Gasteiger partial charge in [0.15, 0.2) is 0 Å². The van der Waals surface area contributed by atoms with Crippen molar-refractivity contribution in [2.24, 2.45) is 11.8 Å². The third kappa shape index (κ3) is 4.22. The molecule has 1 aliphatic heterocycles. The lowest BCUT2D eigenvalue weighted by Crippen LogP contribution is -2.31. The van der Waals surface area contributed by atoms with E-state index in [1.165, 1.54) is 28.7 Å². The molecule has 34 heavy (non-hydrogen) atoms. The highest BCUT2D eigenvalue weighted by Crippen LogP contribution is 2.45. The van der Waals surface area contributed by atoms with Gasteiger partial charge >= 0.3 is 5.97 Å². The number of amides is 2. The number of fused-ring (bicyclic) bond motifs is 1. The molecule has 3 atom stereocenters. The minimum absolute atomic E-state index is 0.174. The first-order valence-electron chi connectivity index (χ1n) is 11.1. The lowest BCUT2D eigenvalue weighted by Gasteiger charge is -2.28. The lowest BCUT2D eigenvalue weighted by atomic mass is 9.73. The Bertz CT molecular complexity index is 1280. The van der Waals surface area contributed by atoms with E-state index in [1.807, 2.05) is 18.2 Å². The first kappa shape index (κ1) is 22.6. The van der Waals surface area contributed by atoms with Gasteiger partial charge in [0.2, 0.25) is 11.8 Å². The summed E-state index contributed by atoms with van der Waals surface area (Å²) in [4.78, 5) is 40.5. The van der Waals surface area contributed by atoms with E-state index in [9.17, 15) is 14.4 Å². The van der Waals surface area contributed by atoms with Crippen LogP contribution in [0.3, 0.4) is 0 Å². The second-order valence-corrected chi connectivity index (χ2v) is 9.50. The number of carbonyl (C=O) groups excluding carboxylic acids is 3. The van der Waals surface area contributed by atoms with Crippen molar-refractivity contribution < 1.29 is 19.1 Å². The first-order chi connectivity index (χ1) is 16.4. The van der Waals surface area contributed by atoms with Crippen molar-refractivity contribution in [3.8, 4) is 5.75 Å². The number of imide groups is 1. The molecule has 2 aliphatic rings. The third-order valence-electron chi connectivity index (χ3n) is 6.63. The van der Waals surface area contributed by atoms with Gasteiger partial charge in [-0.1, -0.05) is 59.6 Å². The smallest absolute Gasteiger partial charge is 0.343 e. The Hall–Kier alpha value is -3.15. The molecule has 0 N–H and O–H groups in total. The maximum Gasteiger partial charge on any atom is 0.343 e. The minimum atomic E-state index is -0.647. The Morgan fingerprint density at radius 2 is 1.62 bits per heavy atom. The van der Waals surface area contributed by atoms with E-state index in [0.29, 0.717) is 23.6 Å². The van der Waals surface area contributed by atoms with Crippen LogP contribution in [0.1, 0.15) is 41.1 Å². The van der Waals surface area contributed by atoms with Crippen LogP contribution < -0.4 is 9.64 Å². The summed E-state index contributed by atoms with van der Waals surface area (Å²) in [7, 11) is 0. The zero-order chi connectivity index (χ0) is 23.8. The van der Waals surface area contributed by atoms with E-state index in [-0.39, 0.29) is 45.9 Å². The molecule has 0 spiro atoms. The molecule has 0 bridgehead atoms. The monoisotopic (exact) mass is 493 g/mol. The number of anilines is 1. The number of carbonyl (C=O) groups is 3. The average Bonchev–Trinajstić information content (AvgIpc) is 3.10. The summed E-state index contributed by atoms with van der Waals surface area (Å²) in [6.45, 7) is 0. The van der Waals surface area contributed by atoms with Crippen LogP contribution in [-0.4, -0.2) is 17.8 Å². The van der Waals surface area contributed by atoms with E-state index in [1.54, 1.807) is 24.3 Å². The predicted molar refractivity (Wildman–Crippen MR) is 130 cm³/mol. The zero-order valence-corrected chi connectivity index (χ0v) is 19.6. The molecule has 0 radical (unpaired) electrons. The number of benzene rings is 3. The normalized spacial score (nSPS) is 21.9. The molecule has 1 aliphatic carbocycles. The molecule has 172 valence electrons. The molecule has 1 heterocycles. The number of ether oxygens (including phenoxy) is 1. The summed E-state index contributed by atoms with van der Waals surface area (Å²) >= 11 is 12.0. The van der Waals surface area contributed by atoms with Gasteiger partial charge in [0.25, 0.3) is 0 Å². The Morgan fingerprint density at radius 3 is 2.38 bits per heavy atom. The fourth-order valence-corrected chi connectivity index (χ4v) is 5.40. The van der Waals surface area contributed by atoms with Crippen molar-refractivity contribution >= 4 is 46.7 Å². The Labute approximate surface area is 207 Å². The summed E-state index contributed by atoms with van der Waals surface area (Å²) in [5.41, 5.74) is 1.78. The van der Waals surface area contributed by atoms with Crippen LogP contribution in [0, 0.1) is 11.8 Å². The molecule has 2 fully saturated rings. The van der Waals surface area contributed by atoms with Crippen LogP contribution in [-0.2, 0) is 9.59 Å². The van der Waals surface area contributed by atoms with E-state index in [4.69, 9.17) is 27.9 Å². The fourth-order valence-electron chi connectivity index (χ4n) is 4.95. The van der Waals surface area contributed by atoms with Crippen molar-refractivity contribution in [3.05, 3.63) is 94.0 Å². The third-order valence-corrected chi connectivity index (χ3v) is 7.16. The van der Waals surface area contributed by atoms with E-state index < -0.39 is 5.97 Å². The molecule has 5 rings (SSSR count). The molecule has 3 aromatic rings. The van der Waals surface area contributed by atoms with Crippen LogP contribution in [0.2, 0.25) is 10.0 Å². The van der Waals surface area contributed by atoms with Crippen molar-refractivity contribution in [3.63, 3.8) is 0 Å². The fraction of sp³-hybridized carbons (Fsp3) is 0.222. The molecular formula is C27H21Cl2NO4. The molecule has 0 unspecified atom stereocenters. The SMILES string of the molecule is O=C(Oc1ccc(Cl)cc1Cl)c1cccc(N2C(=O)[C@H]3C[C@H](c4ccccc4)CC[C@H]3C2=O)c1. The number of nitrogens with zero attached hydrogens (tertiary/aromatic N) is 1. The Kier molecular flexibility index (Phi) is 6.15. The van der Waals surface area contributed by atoms with Gasteiger partial charge in [-0.05, 0) is 67.1 Å². The molecular weight excluding hydrogens is 473 g/mol. The predicted octanol–water partition coefficient (Wildman–Crippen LogP) is 6.29. The van der Waals surface area contributed by atoms with Gasteiger partial charge in [-0.2, -0.15) is 0 Å². The Morgan fingerprint density at radius 1 is 0.853 bits per heavy atom. The molecule has 3 aromatic carbocycles. The molecule has 1 saturated carbocycles. The molecule has 1 saturated heterocycles. The van der Waals surface area contributed by atoms with Crippen LogP contribution in [0.4, 0.5) is 5.69 Å². The topological polar surface area (TPSA) is 63.7 Å². The van der Waals surface area contributed by atoms with E-state index in [2.05, 4.69) is 12.1 Å². The van der Waals surface area contributed by atoms with Crippen molar-refractivity contribution in [1.82, 2.24) is 0 Å². The maximum absolute atomic E-state index is 13.3. The average molecular weight is 494 g/mol. The second kappa shape index (κ2) is 9.24. The van der Waals surface area contributed by atoms with Crippen LogP contribution in [0.5, 0.6) is 5.75 Å². The number of rotatable bonds is 4. The summed E-state index contributed by atoms with van der Waals surface area (Å²) in [6, 6.07) is 21.0. The van der Waals surface area contributed by atoms with Gasteiger partial charge in [-0.3, -0.25) is 14.5 Å². The number of esters is 1. The second-order valence-electron chi connectivity index (χ2n) is 8.66. The van der Waals surface area contributed by atoms with Gasteiger partial charge in [0.1, 0.15) is 5.75 Å². The summed E-state index contributed by atoms with van der Waals surface area (Å²) < 4.78 is 5.40. The van der Waals surface area contributed by atoms with Gasteiger partial charge in [-0.25, -0.2) is 4.79 Å². The summed E-state index contributed by atoms with van der Waals surface area (Å²) in [5, 5.41) is 0.632.